The zero-order valence-corrected chi connectivity index (χ0v) is 19.0. The topological polar surface area (TPSA) is 70.1 Å². The maximum absolute atomic E-state index is 12.0. The molecule has 0 aromatic heterocycles. The molecule has 6 nitrogen and oxygen atoms in total. The van der Waals surface area contributed by atoms with E-state index in [1.54, 1.807) is 0 Å². The van der Waals surface area contributed by atoms with E-state index in [0.717, 1.165) is 13.0 Å². The number of rotatable bonds is 9. The second kappa shape index (κ2) is 11.9. The van der Waals surface area contributed by atoms with Gasteiger partial charge in [0.1, 0.15) is 0 Å². The van der Waals surface area contributed by atoms with Crippen LogP contribution in [-0.4, -0.2) is 73.7 Å². The summed E-state index contributed by atoms with van der Waals surface area (Å²) in [6, 6.07) is 0. The van der Waals surface area contributed by atoms with E-state index in [1.165, 1.54) is 6.92 Å². The monoisotopic (exact) mass is 384 g/mol. The molecule has 0 amide bonds. The van der Waals surface area contributed by atoms with Crippen molar-refractivity contribution in [3.05, 3.63) is 23.8 Å². The van der Waals surface area contributed by atoms with Crippen molar-refractivity contribution < 1.29 is 19.4 Å². The van der Waals surface area contributed by atoms with E-state index in [4.69, 9.17) is 9.84 Å². The molecule has 0 aliphatic heterocycles. The Morgan fingerprint density at radius 3 is 1.85 bits per heavy atom. The molecule has 0 aromatic rings. The Kier molecular flexibility index (Phi) is 12.2. The van der Waals surface area contributed by atoms with Crippen molar-refractivity contribution in [2.75, 3.05) is 41.3 Å². The van der Waals surface area contributed by atoms with E-state index < -0.39 is 5.97 Å². The Bertz CT molecular complexity index is 520. The predicted molar refractivity (Wildman–Crippen MR) is 112 cm³/mol. The lowest BCUT2D eigenvalue weighted by atomic mass is 9.94. The molecule has 0 unspecified atom stereocenters. The SMILES string of the molecule is C=C(C)C(=O)O.CC(=CCC(C)(C)N(C)C)C(=O)OCC(C)(C)CN(C)C. The maximum Gasteiger partial charge on any atom is 0.333 e. The van der Waals surface area contributed by atoms with Gasteiger partial charge in [-0.3, -0.25) is 0 Å². The molecular formula is C21H40N2O4. The van der Waals surface area contributed by atoms with Gasteiger partial charge in [0.2, 0.25) is 0 Å². The highest BCUT2D eigenvalue weighted by Gasteiger charge is 2.22. The first kappa shape index (κ1) is 27.6. The molecule has 0 aliphatic carbocycles. The molecule has 1 N–H and O–H groups in total. The van der Waals surface area contributed by atoms with E-state index in [-0.39, 0.29) is 22.5 Å². The minimum absolute atomic E-state index is 0.0335. The number of carboxylic acid groups (broad SMARTS) is 1. The smallest absolute Gasteiger partial charge is 0.333 e. The van der Waals surface area contributed by atoms with Crippen LogP contribution in [0.5, 0.6) is 0 Å². The quantitative estimate of drug-likeness (QED) is 0.485. The number of hydrogen-bond donors (Lipinski definition) is 1. The summed E-state index contributed by atoms with van der Waals surface area (Å²) in [7, 11) is 8.15. The third kappa shape index (κ3) is 14.1. The molecule has 0 saturated heterocycles. The number of carboxylic acids is 1. The third-order valence-corrected chi connectivity index (χ3v) is 4.14. The molecule has 0 heterocycles. The van der Waals surface area contributed by atoms with Crippen molar-refractivity contribution in [1.29, 1.82) is 0 Å². The zero-order chi connectivity index (χ0) is 22.0. The molecule has 0 rings (SSSR count). The van der Waals surface area contributed by atoms with Gasteiger partial charge >= 0.3 is 11.9 Å². The highest BCUT2D eigenvalue weighted by atomic mass is 16.5. The van der Waals surface area contributed by atoms with Crippen LogP contribution in [-0.2, 0) is 14.3 Å². The molecule has 0 atom stereocenters. The zero-order valence-electron chi connectivity index (χ0n) is 19.0. The fraction of sp³-hybridized carbons (Fsp3) is 0.714. The van der Waals surface area contributed by atoms with Gasteiger partial charge in [0.05, 0.1) is 6.61 Å². The van der Waals surface area contributed by atoms with Crippen molar-refractivity contribution in [1.82, 2.24) is 9.80 Å². The molecule has 0 fully saturated rings. The van der Waals surface area contributed by atoms with Crippen LogP contribution in [0.4, 0.5) is 0 Å². The van der Waals surface area contributed by atoms with Crippen LogP contribution in [0, 0.1) is 5.41 Å². The Morgan fingerprint density at radius 2 is 1.52 bits per heavy atom. The summed E-state index contributed by atoms with van der Waals surface area (Å²) in [5, 5.41) is 7.89. The van der Waals surface area contributed by atoms with Crippen LogP contribution in [0.3, 0.4) is 0 Å². The molecule has 27 heavy (non-hydrogen) atoms. The first-order valence-electron chi connectivity index (χ1n) is 9.06. The maximum atomic E-state index is 12.0. The Morgan fingerprint density at radius 1 is 1.07 bits per heavy atom. The molecule has 0 aliphatic rings. The number of carbonyl (C=O) groups is 2. The standard InChI is InChI=1S/C17H34N2O2.C4H6O2/c1-14(10-11-17(4,5)19(8)9)15(20)21-13-16(2,3)12-18(6)7;1-3(2)4(5)6/h10H,11-13H2,1-9H3;1H2,2H3,(H,5,6). The minimum Gasteiger partial charge on any atom is -0.478 e. The normalized spacial score (nSPS) is 12.5. The Balaban J connectivity index is 0. The van der Waals surface area contributed by atoms with Gasteiger partial charge in [-0.05, 0) is 62.3 Å². The van der Waals surface area contributed by atoms with E-state index in [9.17, 15) is 9.59 Å². The number of ether oxygens (including phenoxy) is 1. The Hall–Kier alpha value is -1.66. The second-order valence-corrected chi connectivity index (χ2v) is 8.86. The lowest BCUT2D eigenvalue weighted by Crippen LogP contribution is -2.37. The minimum atomic E-state index is -0.935. The van der Waals surface area contributed by atoms with Crippen LogP contribution in [0.15, 0.2) is 23.8 Å². The Labute approximate surface area is 165 Å². The summed E-state index contributed by atoms with van der Waals surface area (Å²) in [5.74, 6) is -1.15. The van der Waals surface area contributed by atoms with Crippen molar-refractivity contribution >= 4 is 11.9 Å². The fourth-order valence-corrected chi connectivity index (χ4v) is 1.95. The molecule has 6 heteroatoms. The first-order valence-corrected chi connectivity index (χ1v) is 9.06. The van der Waals surface area contributed by atoms with Gasteiger partial charge in [0.15, 0.2) is 0 Å². The molecule has 158 valence electrons. The van der Waals surface area contributed by atoms with E-state index >= 15 is 0 Å². The average Bonchev–Trinajstić information content (AvgIpc) is 2.49. The largest absolute Gasteiger partial charge is 0.478 e. The van der Waals surface area contributed by atoms with Gasteiger partial charge in [0.25, 0.3) is 0 Å². The van der Waals surface area contributed by atoms with Crippen LogP contribution < -0.4 is 0 Å². The van der Waals surface area contributed by atoms with Crippen LogP contribution in [0.1, 0.15) is 48.0 Å². The summed E-state index contributed by atoms with van der Waals surface area (Å²) in [4.78, 5) is 25.9. The number of esters is 1. The van der Waals surface area contributed by atoms with E-state index in [2.05, 4.69) is 44.1 Å². The molecule has 0 radical (unpaired) electrons. The summed E-state index contributed by atoms with van der Waals surface area (Å²) >= 11 is 0. The number of carbonyl (C=O) groups excluding carboxylic acids is 1. The molecule has 0 bridgehead atoms. The lowest BCUT2D eigenvalue weighted by Gasteiger charge is -2.31. The molecule has 0 saturated carbocycles. The van der Waals surface area contributed by atoms with E-state index in [1.807, 2.05) is 41.2 Å². The molecular weight excluding hydrogens is 344 g/mol. The highest BCUT2D eigenvalue weighted by molar-refractivity contribution is 5.87. The number of aliphatic carboxylic acids is 1. The molecule has 0 aromatic carbocycles. The summed E-state index contributed by atoms with van der Waals surface area (Å²) < 4.78 is 5.45. The van der Waals surface area contributed by atoms with Crippen molar-refractivity contribution in [2.24, 2.45) is 5.41 Å². The molecule has 0 spiro atoms. The van der Waals surface area contributed by atoms with Crippen molar-refractivity contribution in [3.63, 3.8) is 0 Å². The van der Waals surface area contributed by atoms with Gasteiger partial charge in [0, 0.05) is 28.6 Å². The van der Waals surface area contributed by atoms with Gasteiger partial charge in [-0.1, -0.05) is 26.5 Å². The van der Waals surface area contributed by atoms with Crippen LogP contribution in [0.25, 0.3) is 0 Å². The number of nitrogens with zero attached hydrogens (tertiary/aromatic N) is 2. The van der Waals surface area contributed by atoms with Gasteiger partial charge in [-0.15, -0.1) is 0 Å². The van der Waals surface area contributed by atoms with Crippen molar-refractivity contribution in [2.45, 2.75) is 53.5 Å². The number of hydrogen-bond acceptors (Lipinski definition) is 5. The lowest BCUT2D eigenvalue weighted by molar-refractivity contribution is -0.142. The summed E-state index contributed by atoms with van der Waals surface area (Å²) in [6.07, 6.45) is 2.79. The highest BCUT2D eigenvalue weighted by Crippen LogP contribution is 2.19. The van der Waals surface area contributed by atoms with E-state index in [0.29, 0.717) is 12.2 Å². The van der Waals surface area contributed by atoms with Crippen LogP contribution in [0.2, 0.25) is 0 Å². The summed E-state index contributed by atoms with van der Waals surface area (Å²) in [5.41, 5.74) is 0.856. The summed E-state index contributed by atoms with van der Waals surface area (Å²) in [6.45, 7) is 16.3. The van der Waals surface area contributed by atoms with Gasteiger partial charge in [-0.2, -0.15) is 0 Å². The van der Waals surface area contributed by atoms with Gasteiger partial charge < -0.3 is 19.6 Å². The van der Waals surface area contributed by atoms with Crippen molar-refractivity contribution in [3.8, 4) is 0 Å². The second-order valence-electron chi connectivity index (χ2n) is 8.86. The van der Waals surface area contributed by atoms with Gasteiger partial charge in [-0.25, -0.2) is 9.59 Å². The predicted octanol–water partition coefficient (Wildman–Crippen LogP) is 3.44. The van der Waals surface area contributed by atoms with Crippen LogP contribution >= 0.6 is 0 Å². The first-order chi connectivity index (χ1) is 12.0. The fourth-order valence-electron chi connectivity index (χ4n) is 1.95. The third-order valence-electron chi connectivity index (χ3n) is 4.14. The average molecular weight is 385 g/mol.